The van der Waals surface area contributed by atoms with E-state index in [9.17, 15) is 22.8 Å². The number of benzene rings is 2. The lowest BCUT2D eigenvalue weighted by Crippen LogP contribution is -2.48. The molecule has 1 saturated heterocycles. The molecule has 0 atom stereocenters. The Balaban J connectivity index is 1.46. The second-order valence-corrected chi connectivity index (χ2v) is 7.41. The summed E-state index contributed by atoms with van der Waals surface area (Å²) in [5.41, 5.74) is 1.74. The maximum Gasteiger partial charge on any atom is 0.416 e. The summed E-state index contributed by atoms with van der Waals surface area (Å²) in [4.78, 5) is 27.6. The van der Waals surface area contributed by atoms with Crippen molar-refractivity contribution in [2.75, 3.05) is 31.5 Å². The average Bonchev–Trinajstić information content (AvgIpc) is 2.69. The number of hydrogen-bond donors (Lipinski definition) is 1. The van der Waals surface area contributed by atoms with Gasteiger partial charge in [-0.15, -0.1) is 0 Å². The summed E-state index contributed by atoms with van der Waals surface area (Å²) in [6, 6.07) is 12.4. The topological polar surface area (TPSA) is 52.7 Å². The van der Waals surface area contributed by atoms with Crippen LogP contribution >= 0.6 is 0 Å². The normalized spacial score (nSPS) is 15.1. The number of carbonyl (C=O) groups excluding carboxylic acids is 2. The molecule has 1 heterocycles. The number of hydrogen-bond acceptors (Lipinski definition) is 3. The largest absolute Gasteiger partial charge is 0.416 e. The SMILES string of the molecule is CC(=O)Nc1ccc(CC(=O)N2CCN(Cc3ccc(C(F)(F)F)cc3)CC2)cc1. The molecular weight excluding hydrogens is 395 g/mol. The summed E-state index contributed by atoms with van der Waals surface area (Å²) in [5.74, 6) is -0.107. The number of anilines is 1. The van der Waals surface area contributed by atoms with E-state index in [4.69, 9.17) is 0 Å². The van der Waals surface area contributed by atoms with Crippen LogP contribution in [0.4, 0.5) is 18.9 Å². The first-order chi connectivity index (χ1) is 14.2. The van der Waals surface area contributed by atoms with Crippen molar-refractivity contribution in [3.63, 3.8) is 0 Å². The molecule has 2 amide bonds. The van der Waals surface area contributed by atoms with E-state index >= 15 is 0 Å². The molecule has 0 bridgehead atoms. The van der Waals surface area contributed by atoms with Gasteiger partial charge in [0.15, 0.2) is 0 Å². The fourth-order valence-corrected chi connectivity index (χ4v) is 3.41. The third-order valence-corrected chi connectivity index (χ3v) is 5.04. The number of nitrogens with one attached hydrogen (secondary N) is 1. The summed E-state index contributed by atoms with van der Waals surface area (Å²) >= 11 is 0. The molecule has 1 aliphatic heterocycles. The summed E-state index contributed by atoms with van der Waals surface area (Å²) < 4.78 is 38.0. The fraction of sp³-hybridized carbons (Fsp3) is 0.364. The number of piperazine rings is 1. The van der Waals surface area contributed by atoms with Crippen molar-refractivity contribution in [2.45, 2.75) is 26.1 Å². The number of carbonyl (C=O) groups is 2. The Morgan fingerprint density at radius 3 is 2.00 bits per heavy atom. The minimum atomic E-state index is -4.32. The molecule has 2 aromatic rings. The highest BCUT2D eigenvalue weighted by Gasteiger charge is 2.30. The Labute approximate surface area is 173 Å². The maximum atomic E-state index is 12.7. The smallest absolute Gasteiger partial charge is 0.340 e. The molecule has 1 aliphatic rings. The Morgan fingerprint density at radius 2 is 1.47 bits per heavy atom. The zero-order chi connectivity index (χ0) is 21.7. The zero-order valence-electron chi connectivity index (χ0n) is 16.7. The van der Waals surface area contributed by atoms with Gasteiger partial charge in [-0.25, -0.2) is 0 Å². The van der Waals surface area contributed by atoms with Gasteiger partial charge < -0.3 is 10.2 Å². The van der Waals surface area contributed by atoms with Gasteiger partial charge in [-0.1, -0.05) is 24.3 Å². The molecule has 30 heavy (non-hydrogen) atoms. The van der Waals surface area contributed by atoms with Crippen LogP contribution in [0.5, 0.6) is 0 Å². The maximum absolute atomic E-state index is 12.7. The van der Waals surface area contributed by atoms with Gasteiger partial charge in [-0.2, -0.15) is 13.2 Å². The first-order valence-electron chi connectivity index (χ1n) is 9.73. The number of rotatable bonds is 5. The Hall–Kier alpha value is -2.87. The van der Waals surface area contributed by atoms with Crippen molar-refractivity contribution in [2.24, 2.45) is 0 Å². The summed E-state index contributed by atoms with van der Waals surface area (Å²) in [5, 5.41) is 2.69. The number of alkyl halides is 3. The number of halogens is 3. The van der Waals surface area contributed by atoms with Crippen LogP contribution in [0.15, 0.2) is 48.5 Å². The Bertz CT molecular complexity index is 872. The van der Waals surface area contributed by atoms with Crippen LogP contribution in [-0.4, -0.2) is 47.8 Å². The van der Waals surface area contributed by atoms with E-state index in [2.05, 4.69) is 10.2 Å². The Kier molecular flexibility index (Phi) is 6.77. The van der Waals surface area contributed by atoms with E-state index in [1.807, 2.05) is 17.0 Å². The second-order valence-electron chi connectivity index (χ2n) is 7.41. The Morgan fingerprint density at radius 1 is 0.900 bits per heavy atom. The average molecular weight is 419 g/mol. The molecule has 0 saturated carbocycles. The van der Waals surface area contributed by atoms with E-state index in [1.165, 1.54) is 19.1 Å². The third-order valence-electron chi connectivity index (χ3n) is 5.04. The lowest BCUT2D eigenvalue weighted by molar-refractivity contribution is -0.137. The van der Waals surface area contributed by atoms with Gasteiger partial charge in [0.05, 0.1) is 12.0 Å². The van der Waals surface area contributed by atoms with Crippen LogP contribution < -0.4 is 5.32 Å². The van der Waals surface area contributed by atoms with E-state index in [1.54, 1.807) is 12.1 Å². The molecule has 2 aromatic carbocycles. The van der Waals surface area contributed by atoms with Crippen molar-refractivity contribution in [1.82, 2.24) is 9.80 Å². The third kappa shape index (κ3) is 6.06. The molecule has 0 unspecified atom stereocenters. The van der Waals surface area contributed by atoms with Crippen LogP contribution in [0.3, 0.4) is 0 Å². The summed E-state index contributed by atoms with van der Waals surface area (Å²) in [7, 11) is 0. The van der Waals surface area contributed by atoms with Crippen LogP contribution in [0.1, 0.15) is 23.6 Å². The molecule has 0 aliphatic carbocycles. The van der Waals surface area contributed by atoms with Crippen molar-refractivity contribution in [3.8, 4) is 0 Å². The highest BCUT2D eigenvalue weighted by atomic mass is 19.4. The van der Waals surface area contributed by atoms with Gasteiger partial charge in [-0.05, 0) is 35.4 Å². The molecule has 1 N–H and O–H groups in total. The molecule has 0 spiro atoms. The lowest BCUT2D eigenvalue weighted by Gasteiger charge is -2.35. The van der Waals surface area contributed by atoms with E-state index in [0.717, 1.165) is 23.3 Å². The summed E-state index contributed by atoms with van der Waals surface area (Å²) in [6.45, 7) is 4.52. The molecular formula is C22H24F3N3O2. The first kappa shape index (κ1) is 21.8. The van der Waals surface area contributed by atoms with Crippen molar-refractivity contribution >= 4 is 17.5 Å². The van der Waals surface area contributed by atoms with Gasteiger partial charge in [0.1, 0.15) is 0 Å². The van der Waals surface area contributed by atoms with Gasteiger partial charge in [0.2, 0.25) is 11.8 Å². The number of amides is 2. The molecule has 1 fully saturated rings. The fourth-order valence-electron chi connectivity index (χ4n) is 3.41. The quantitative estimate of drug-likeness (QED) is 0.807. The van der Waals surface area contributed by atoms with E-state index in [0.29, 0.717) is 44.8 Å². The van der Waals surface area contributed by atoms with Gasteiger partial charge in [0, 0.05) is 45.3 Å². The predicted molar refractivity (Wildman–Crippen MR) is 108 cm³/mol. The minimum absolute atomic E-state index is 0.0384. The van der Waals surface area contributed by atoms with E-state index in [-0.39, 0.29) is 11.8 Å². The monoisotopic (exact) mass is 419 g/mol. The van der Waals surface area contributed by atoms with Gasteiger partial charge in [0.25, 0.3) is 0 Å². The standard InChI is InChI=1S/C22H24F3N3O2/c1-16(29)26-20-8-4-17(5-9-20)14-21(30)28-12-10-27(11-13-28)15-18-2-6-19(7-3-18)22(23,24)25/h2-9H,10-15H2,1H3,(H,26,29). The van der Waals surface area contributed by atoms with Crippen LogP contribution in [-0.2, 0) is 28.7 Å². The van der Waals surface area contributed by atoms with Crippen molar-refractivity contribution in [3.05, 3.63) is 65.2 Å². The van der Waals surface area contributed by atoms with Crippen LogP contribution in [0.2, 0.25) is 0 Å². The van der Waals surface area contributed by atoms with Crippen LogP contribution in [0, 0.1) is 0 Å². The van der Waals surface area contributed by atoms with E-state index < -0.39 is 11.7 Å². The van der Waals surface area contributed by atoms with Crippen molar-refractivity contribution in [1.29, 1.82) is 0 Å². The number of nitrogens with zero attached hydrogens (tertiary/aromatic N) is 2. The van der Waals surface area contributed by atoms with Crippen LogP contribution in [0.25, 0.3) is 0 Å². The highest BCUT2D eigenvalue weighted by molar-refractivity contribution is 5.88. The molecule has 8 heteroatoms. The molecule has 5 nitrogen and oxygen atoms in total. The lowest BCUT2D eigenvalue weighted by atomic mass is 10.1. The van der Waals surface area contributed by atoms with Gasteiger partial charge in [-0.3, -0.25) is 14.5 Å². The molecule has 0 aromatic heterocycles. The predicted octanol–water partition coefficient (Wildman–Crippen LogP) is 3.55. The highest BCUT2D eigenvalue weighted by Crippen LogP contribution is 2.29. The zero-order valence-corrected chi connectivity index (χ0v) is 16.7. The van der Waals surface area contributed by atoms with Gasteiger partial charge >= 0.3 is 6.18 Å². The van der Waals surface area contributed by atoms with Crippen molar-refractivity contribution < 1.29 is 22.8 Å². The molecule has 160 valence electrons. The second kappa shape index (κ2) is 9.30. The first-order valence-corrected chi connectivity index (χ1v) is 9.73. The summed E-state index contributed by atoms with van der Waals surface area (Å²) in [6.07, 6.45) is -4.03. The molecule has 0 radical (unpaired) electrons. The minimum Gasteiger partial charge on any atom is -0.340 e. The molecule has 3 rings (SSSR count).